The van der Waals surface area contributed by atoms with Crippen LogP contribution < -0.4 is 18.9 Å². The van der Waals surface area contributed by atoms with Crippen molar-refractivity contribution in [3.8, 4) is 23.0 Å². The molecule has 2 fully saturated rings. The second kappa shape index (κ2) is 19.7. The molecule has 4 atom stereocenters. The van der Waals surface area contributed by atoms with Crippen LogP contribution in [-0.2, 0) is 9.47 Å². The first-order valence-corrected chi connectivity index (χ1v) is 23.6. The number of ether oxygens (including phenoxy) is 6. The Morgan fingerprint density at radius 3 is 0.963 bits per heavy atom. The van der Waals surface area contributed by atoms with Crippen LogP contribution in [0.4, 0.5) is 0 Å². The van der Waals surface area contributed by atoms with E-state index in [4.69, 9.17) is 28.4 Å². The van der Waals surface area contributed by atoms with Gasteiger partial charge < -0.3 is 33.5 Å². The number of benzene rings is 4. The highest BCUT2D eigenvalue weighted by molar-refractivity contribution is 9.12. The van der Waals surface area contributed by atoms with E-state index in [9.17, 15) is 5.11 Å². The normalized spacial score (nSPS) is 17.8. The van der Waals surface area contributed by atoms with Gasteiger partial charge in [0.15, 0.2) is 0 Å². The van der Waals surface area contributed by atoms with Crippen molar-refractivity contribution < 1.29 is 33.5 Å². The van der Waals surface area contributed by atoms with Crippen molar-refractivity contribution in [2.24, 2.45) is 0 Å². The molecule has 290 valence electrons. The van der Waals surface area contributed by atoms with Gasteiger partial charge in [0.2, 0.25) is 0 Å². The summed E-state index contributed by atoms with van der Waals surface area (Å²) in [5, 5.41) is 10.9. The van der Waals surface area contributed by atoms with Crippen molar-refractivity contribution in [1.82, 2.24) is 0 Å². The zero-order chi connectivity index (χ0) is 38.7. The summed E-state index contributed by atoms with van der Waals surface area (Å²) in [5.74, 6) is 2.98. The highest BCUT2D eigenvalue weighted by atomic mass is 79.9. The van der Waals surface area contributed by atoms with E-state index >= 15 is 0 Å². The summed E-state index contributed by atoms with van der Waals surface area (Å²) in [6.07, 6.45) is 1.21. The zero-order valence-electron chi connectivity index (χ0n) is 29.1. The van der Waals surface area contributed by atoms with E-state index in [0.29, 0.717) is 24.7 Å². The van der Waals surface area contributed by atoms with Crippen LogP contribution in [0.1, 0.15) is 60.8 Å². The quantitative estimate of drug-likeness (QED) is 0.0994. The maximum absolute atomic E-state index is 10.9. The van der Waals surface area contributed by atoms with E-state index in [1.807, 2.05) is 0 Å². The van der Waals surface area contributed by atoms with Crippen LogP contribution in [-0.4, -0.2) is 63.1 Å². The van der Waals surface area contributed by atoms with Gasteiger partial charge in [-0.05, 0) is 211 Å². The summed E-state index contributed by atoms with van der Waals surface area (Å²) in [7, 11) is 0. The molecule has 0 saturated carbocycles. The molecule has 7 nitrogen and oxygen atoms in total. The van der Waals surface area contributed by atoms with Gasteiger partial charge in [0.1, 0.15) is 67.7 Å². The van der Waals surface area contributed by atoms with Gasteiger partial charge in [0, 0.05) is 11.8 Å². The second-order valence-corrected chi connectivity index (χ2v) is 19.8. The predicted octanol–water partition coefficient (Wildman–Crippen LogP) is 13.2. The van der Waals surface area contributed by atoms with Crippen molar-refractivity contribution in [3.63, 3.8) is 0 Å². The molecule has 4 aromatic rings. The molecule has 4 unspecified atom stereocenters. The van der Waals surface area contributed by atoms with Crippen molar-refractivity contribution in [3.05, 3.63) is 107 Å². The van der Waals surface area contributed by atoms with E-state index in [1.54, 1.807) is 0 Å². The van der Waals surface area contributed by atoms with Gasteiger partial charge in [0.25, 0.3) is 0 Å². The highest BCUT2D eigenvalue weighted by Gasteiger charge is 2.27. The third kappa shape index (κ3) is 11.1. The second-order valence-electron chi connectivity index (χ2n) is 13.0. The summed E-state index contributed by atoms with van der Waals surface area (Å²) in [5.41, 5.74) is 4.51. The minimum absolute atomic E-state index is 0.0311. The van der Waals surface area contributed by atoms with Crippen LogP contribution in [0.3, 0.4) is 0 Å². The minimum Gasteiger partial charge on any atom is -0.488 e. The molecular formula is C39H36Br8O7. The van der Waals surface area contributed by atoms with E-state index in [-0.39, 0.29) is 37.3 Å². The Morgan fingerprint density at radius 2 is 0.741 bits per heavy atom. The lowest BCUT2D eigenvalue weighted by molar-refractivity contribution is 0.0616. The number of aliphatic hydroxyl groups is 1. The number of aliphatic hydroxyl groups excluding tert-OH is 1. The molecule has 6 rings (SSSR count). The number of halogens is 8. The van der Waals surface area contributed by atoms with E-state index in [0.717, 1.165) is 95.6 Å². The molecule has 0 radical (unpaired) electrons. The van der Waals surface area contributed by atoms with Gasteiger partial charge in [-0.15, -0.1) is 0 Å². The lowest BCUT2D eigenvalue weighted by atomic mass is 9.89. The van der Waals surface area contributed by atoms with Gasteiger partial charge in [-0.3, -0.25) is 0 Å². The highest BCUT2D eigenvalue weighted by Crippen LogP contribution is 2.45. The standard InChI is InChI=1S/C39H36Br8O7/c1-3-26(21-9-32(44)38(33(45)10-21)53-17-24-15-49-24)19-5-28(40)36(29(41)6-19)51-13-23(48)14-52-37-30(42)7-20(8-31(37)43)27(4-2)22-11-34(46)39(35(47)12-22)54-18-25-16-50-25/h5-12,23-27,48H,3-4,13-18H2,1-2H3. The molecule has 4 aromatic carbocycles. The van der Waals surface area contributed by atoms with Crippen molar-refractivity contribution >= 4 is 127 Å². The molecule has 0 aromatic heterocycles. The Kier molecular flexibility index (Phi) is 15.8. The molecule has 2 aliphatic rings. The Bertz CT molecular complexity index is 1740. The van der Waals surface area contributed by atoms with E-state index in [2.05, 4.69) is 190 Å². The van der Waals surface area contributed by atoms with Gasteiger partial charge in [0.05, 0.1) is 49.0 Å². The maximum Gasteiger partial charge on any atom is 0.147 e. The summed E-state index contributed by atoms with van der Waals surface area (Å²) in [6, 6.07) is 16.7. The lowest BCUT2D eigenvalue weighted by Gasteiger charge is -2.22. The summed E-state index contributed by atoms with van der Waals surface area (Å²) in [4.78, 5) is 0. The van der Waals surface area contributed by atoms with Crippen LogP contribution in [0.15, 0.2) is 84.3 Å². The van der Waals surface area contributed by atoms with Crippen LogP contribution in [0, 0.1) is 0 Å². The molecule has 0 aliphatic carbocycles. The van der Waals surface area contributed by atoms with Crippen molar-refractivity contribution in [1.29, 1.82) is 0 Å². The van der Waals surface area contributed by atoms with Gasteiger partial charge in [-0.25, -0.2) is 0 Å². The fourth-order valence-corrected chi connectivity index (χ4v) is 11.9. The van der Waals surface area contributed by atoms with Crippen LogP contribution in [0.2, 0.25) is 0 Å². The monoisotopic (exact) mass is 1250 g/mol. The number of rotatable bonds is 18. The third-order valence-electron chi connectivity index (χ3n) is 8.98. The SMILES string of the molecule is CCC(c1cc(Br)c(OCC(O)COc2c(Br)cc(C(CC)c3cc(Br)c(OCC4CO4)c(Br)c3)cc2Br)c(Br)c1)c1cc(Br)c(OCC2CO2)c(Br)c1. The average molecular weight is 1260 g/mol. The molecule has 0 amide bonds. The first kappa shape index (κ1) is 43.4. The Labute approximate surface area is 382 Å². The fourth-order valence-electron chi connectivity index (χ4n) is 6.09. The summed E-state index contributed by atoms with van der Waals surface area (Å²) >= 11 is 29.7. The topological polar surface area (TPSA) is 82.2 Å². The van der Waals surface area contributed by atoms with E-state index < -0.39 is 6.10 Å². The predicted molar refractivity (Wildman–Crippen MR) is 239 cm³/mol. The van der Waals surface area contributed by atoms with Crippen LogP contribution in [0.25, 0.3) is 0 Å². The average Bonchev–Trinajstić information content (AvgIpc) is 4.04. The van der Waals surface area contributed by atoms with Gasteiger partial charge in [-0.2, -0.15) is 0 Å². The molecular weight excluding hydrogens is 1220 g/mol. The van der Waals surface area contributed by atoms with Gasteiger partial charge >= 0.3 is 0 Å². The Hall–Kier alpha value is -0.200. The summed E-state index contributed by atoms with van der Waals surface area (Å²) in [6.45, 7) is 6.93. The Morgan fingerprint density at radius 1 is 0.500 bits per heavy atom. The molecule has 0 bridgehead atoms. The molecule has 2 heterocycles. The van der Waals surface area contributed by atoms with Crippen molar-refractivity contribution in [2.75, 3.05) is 39.6 Å². The number of hydrogen-bond donors (Lipinski definition) is 1. The molecule has 54 heavy (non-hydrogen) atoms. The molecule has 2 saturated heterocycles. The summed E-state index contributed by atoms with van der Waals surface area (Å²) < 4.78 is 41.4. The number of epoxide rings is 2. The first-order valence-electron chi connectivity index (χ1n) is 17.2. The number of hydrogen-bond acceptors (Lipinski definition) is 7. The fraction of sp³-hybridized carbons (Fsp3) is 0.385. The van der Waals surface area contributed by atoms with Crippen LogP contribution in [0.5, 0.6) is 23.0 Å². The van der Waals surface area contributed by atoms with Gasteiger partial charge in [-0.1, -0.05) is 13.8 Å². The van der Waals surface area contributed by atoms with Crippen LogP contribution >= 0.6 is 127 Å². The zero-order valence-corrected chi connectivity index (χ0v) is 41.8. The lowest BCUT2D eigenvalue weighted by Crippen LogP contribution is -2.25. The molecule has 0 spiro atoms. The molecule has 2 aliphatic heterocycles. The maximum atomic E-state index is 10.9. The smallest absolute Gasteiger partial charge is 0.147 e. The van der Waals surface area contributed by atoms with Crippen molar-refractivity contribution in [2.45, 2.75) is 56.8 Å². The van der Waals surface area contributed by atoms with E-state index in [1.165, 1.54) is 0 Å². The largest absolute Gasteiger partial charge is 0.488 e. The Balaban J connectivity index is 1.07. The molecule has 1 N–H and O–H groups in total. The minimum atomic E-state index is -0.891. The molecule has 15 heteroatoms. The third-order valence-corrected chi connectivity index (χ3v) is 13.7. The first-order chi connectivity index (χ1) is 25.9.